The summed E-state index contributed by atoms with van der Waals surface area (Å²) >= 11 is 0. The topological polar surface area (TPSA) is 109 Å². The van der Waals surface area contributed by atoms with Crippen LogP contribution in [-0.2, 0) is 19.9 Å². The van der Waals surface area contributed by atoms with Crippen LogP contribution >= 0.6 is 0 Å². The van der Waals surface area contributed by atoms with Crippen molar-refractivity contribution in [2.45, 2.75) is 9.79 Å². The van der Waals surface area contributed by atoms with Gasteiger partial charge < -0.3 is 0 Å². The van der Waals surface area contributed by atoms with Crippen molar-refractivity contribution in [1.29, 1.82) is 0 Å². The first-order valence-corrected chi connectivity index (χ1v) is 9.75. The van der Waals surface area contributed by atoms with Gasteiger partial charge in [0.15, 0.2) is 9.84 Å². The van der Waals surface area contributed by atoms with Crippen molar-refractivity contribution in [2.24, 2.45) is 0 Å². The molecule has 0 bridgehead atoms. The quantitative estimate of drug-likeness (QED) is 0.769. The van der Waals surface area contributed by atoms with E-state index in [0.717, 1.165) is 6.26 Å². The van der Waals surface area contributed by atoms with Crippen LogP contribution in [0.5, 0.6) is 0 Å². The number of hydrogen-bond acceptors (Lipinski definition) is 5. The molecule has 2 N–H and O–H groups in total. The Kier molecular flexibility index (Phi) is 4.83. The predicted molar refractivity (Wildman–Crippen MR) is 83.8 cm³/mol. The zero-order chi connectivity index (χ0) is 17.1. The van der Waals surface area contributed by atoms with Gasteiger partial charge in [0.25, 0.3) is 15.9 Å². The summed E-state index contributed by atoms with van der Waals surface area (Å²) in [6, 6.07) is 12.7. The molecule has 2 aromatic rings. The summed E-state index contributed by atoms with van der Waals surface area (Å²) in [6.45, 7) is 0. The van der Waals surface area contributed by atoms with E-state index < -0.39 is 25.8 Å². The molecule has 0 atom stereocenters. The summed E-state index contributed by atoms with van der Waals surface area (Å²) in [5, 5.41) is 0. The van der Waals surface area contributed by atoms with Gasteiger partial charge >= 0.3 is 0 Å². The zero-order valence-corrected chi connectivity index (χ0v) is 13.7. The van der Waals surface area contributed by atoms with Crippen LogP contribution < -0.4 is 10.3 Å². The first-order chi connectivity index (χ1) is 10.7. The second-order valence-corrected chi connectivity index (χ2v) is 8.37. The SMILES string of the molecule is CS(=O)(=O)c1ccc(C(=O)NNS(=O)(=O)c2ccccc2)cc1. The fourth-order valence-corrected chi connectivity index (χ4v) is 3.19. The minimum Gasteiger partial charge on any atom is -0.273 e. The lowest BCUT2D eigenvalue weighted by Crippen LogP contribution is -2.41. The normalized spacial score (nSPS) is 11.9. The van der Waals surface area contributed by atoms with Crippen LogP contribution in [0.2, 0.25) is 0 Å². The van der Waals surface area contributed by atoms with Gasteiger partial charge in [0.2, 0.25) is 0 Å². The molecule has 9 heteroatoms. The Morgan fingerprint density at radius 1 is 0.826 bits per heavy atom. The Morgan fingerprint density at radius 2 is 1.39 bits per heavy atom. The van der Waals surface area contributed by atoms with E-state index in [1.165, 1.54) is 36.4 Å². The fourth-order valence-electron chi connectivity index (χ4n) is 1.70. The van der Waals surface area contributed by atoms with E-state index >= 15 is 0 Å². The molecule has 0 radical (unpaired) electrons. The third-order valence-corrected chi connectivity index (χ3v) is 5.29. The largest absolute Gasteiger partial charge is 0.273 e. The highest BCUT2D eigenvalue weighted by atomic mass is 32.2. The van der Waals surface area contributed by atoms with Crippen molar-refractivity contribution < 1.29 is 21.6 Å². The summed E-state index contributed by atoms with van der Waals surface area (Å²) in [5.74, 6) is -0.704. The molecule has 0 spiro atoms. The van der Waals surface area contributed by atoms with Crippen LogP contribution in [-0.4, -0.2) is 29.0 Å². The lowest BCUT2D eigenvalue weighted by molar-refractivity contribution is 0.0945. The van der Waals surface area contributed by atoms with Crippen molar-refractivity contribution >= 4 is 25.8 Å². The summed E-state index contributed by atoms with van der Waals surface area (Å²) in [5.41, 5.74) is 2.19. The molecule has 0 aliphatic heterocycles. The van der Waals surface area contributed by atoms with Crippen LogP contribution in [0.3, 0.4) is 0 Å². The Morgan fingerprint density at radius 3 is 1.91 bits per heavy atom. The average molecular weight is 354 g/mol. The maximum atomic E-state index is 11.9. The fraction of sp³-hybridized carbons (Fsp3) is 0.0714. The predicted octanol–water partition coefficient (Wildman–Crippen LogP) is 0.713. The summed E-state index contributed by atoms with van der Waals surface area (Å²) in [4.78, 5) is 13.9. The summed E-state index contributed by atoms with van der Waals surface area (Å²) in [6.07, 6.45) is 1.05. The number of hydrazine groups is 1. The summed E-state index contributed by atoms with van der Waals surface area (Å²) in [7, 11) is -7.23. The standard InChI is InChI=1S/C14H14N2O5S2/c1-22(18,19)12-9-7-11(8-10-12)14(17)15-16-23(20,21)13-5-3-2-4-6-13/h2-10,16H,1H3,(H,15,17). The number of amides is 1. The molecular formula is C14H14N2O5S2. The van der Waals surface area contributed by atoms with Gasteiger partial charge in [-0.05, 0) is 36.4 Å². The number of benzene rings is 2. The van der Waals surface area contributed by atoms with E-state index in [1.54, 1.807) is 18.2 Å². The Labute approximate surface area is 134 Å². The third-order valence-electron chi connectivity index (χ3n) is 2.90. The Balaban J connectivity index is 2.08. The molecule has 0 aliphatic carbocycles. The number of carbonyl (C=O) groups is 1. The molecule has 0 aromatic heterocycles. The average Bonchev–Trinajstić information content (AvgIpc) is 2.53. The molecular weight excluding hydrogens is 340 g/mol. The number of hydrogen-bond donors (Lipinski definition) is 2. The van der Waals surface area contributed by atoms with E-state index in [-0.39, 0.29) is 15.4 Å². The van der Waals surface area contributed by atoms with E-state index in [4.69, 9.17) is 0 Å². The first kappa shape index (κ1) is 17.1. The highest BCUT2D eigenvalue weighted by Crippen LogP contribution is 2.10. The van der Waals surface area contributed by atoms with Gasteiger partial charge in [0, 0.05) is 11.8 Å². The molecule has 2 aromatic carbocycles. The van der Waals surface area contributed by atoms with Crippen molar-refractivity contribution in [3.8, 4) is 0 Å². The molecule has 0 fully saturated rings. The Bertz CT molecular complexity index is 905. The third kappa shape index (κ3) is 4.38. The first-order valence-electron chi connectivity index (χ1n) is 6.37. The van der Waals surface area contributed by atoms with Crippen LogP contribution in [0.15, 0.2) is 64.4 Å². The number of rotatable bonds is 5. The van der Waals surface area contributed by atoms with Crippen LogP contribution in [0.4, 0.5) is 0 Å². The maximum Gasteiger partial charge on any atom is 0.266 e. The second-order valence-electron chi connectivity index (χ2n) is 4.67. The van der Waals surface area contributed by atoms with Gasteiger partial charge in [-0.2, -0.15) is 0 Å². The highest BCUT2D eigenvalue weighted by molar-refractivity contribution is 7.90. The number of sulfonamides is 1. The minimum absolute atomic E-state index is 0.00715. The Hall–Kier alpha value is -2.23. The molecule has 23 heavy (non-hydrogen) atoms. The van der Waals surface area contributed by atoms with E-state index in [1.807, 2.05) is 4.83 Å². The highest BCUT2D eigenvalue weighted by Gasteiger charge is 2.15. The molecule has 0 saturated heterocycles. The van der Waals surface area contributed by atoms with E-state index in [9.17, 15) is 21.6 Å². The van der Waals surface area contributed by atoms with Gasteiger partial charge in [0.05, 0.1) is 9.79 Å². The summed E-state index contributed by atoms with van der Waals surface area (Å²) < 4.78 is 46.6. The van der Waals surface area contributed by atoms with Crippen molar-refractivity contribution in [2.75, 3.05) is 6.26 Å². The van der Waals surface area contributed by atoms with Gasteiger partial charge in [-0.3, -0.25) is 10.2 Å². The van der Waals surface area contributed by atoms with Crippen LogP contribution in [0.25, 0.3) is 0 Å². The molecule has 0 heterocycles. The minimum atomic E-state index is -3.87. The van der Waals surface area contributed by atoms with Gasteiger partial charge in [-0.15, -0.1) is 4.83 Å². The zero-order valence-electron chi connectivity index (χ0n) is 12.1. The molecule has 2 rings (SSSR count). The van der Waals surface area contributed by atoms with Crippen LogP contribution in [0.1, 0.15) is 10.4 Å². The van der Waals surface area contributed by atoms with Crippen molar-refractivity contribution in [3.63, 3.8) is 0 Å². The van der Waals surface area contributed by atoms with E-state index in [2.05, 4.69) is 5.43 Å². The van der Waals surface area contributed by atoms with Crippen molar-refractivity contribution in [3.05, 3.63) is 60.2 Å². The molecule has 0 unspecified atom stereocenters. The molecule has 122 valence electrons. The number of sulfone groups is 1. The maximum absolute atomic E-state index is 11.9. The second kappa shape index (κ2) is 6.49. The lowest BCUT2D eigenvalue weighted by Gasteiger charge is -2.08. The van der Waals surface area contributed by atoms with E-state index in [0.29, 0.717) is 0 Å². The van der Waals surface area contributed by atoms with Crippen molar-refractivity contribution in [1.82, 2.24) is 10.3 Å². The monoisotopic (exact) mass is 354 g/mol. The molecule has 0 saturated carbocycles. The molecule has 1 amide bonds. The lowest BCUT2D eigenvalue weighted by atomic mass is 10.2. The van der Waals surface area contributed by atoms with Crippen LogP contribution in [0, 0.1) is 0 Å². The van der Waals surface area contributed by atoms with Gasteiger partial charge in [0.1, 0.15) is 0 Å². The number of carbonyl (C=O) groups excluding carboxylic acids is 1. The van der Waals surface area contributed by atoms with Gasteiger partial charge in [-0.1, -0.05) is 18.2 Å². The molecule has 7 nitrogen and oxygen atoms in total. The van der Waals surface area contributed by atoms with Gasteiger partial charge in [-0.25, -0.2) is 16.8 Å². The number of nitrogens with one attached hydrogen (secondary N) is 2. The molecule has 0 aliphatic rings. The smallest absolute Gasteiger partial charge is 0.266 e.